The zero-order chi connectivity index (χ0) is 19.1. The predicted molar refractivity (Wildman–Crippen MR) is 101 cm³/mol. The van der Waals surface area contributed by atoms with E-state index in [1.54, 1.807) is 18.2 Å². The summed E-state index contributed by atoms with van der Waals surface area (Å²) in [4.78, 5) is 24.8. The molecule has 2 rings (SSSR count). The molecule has 1 amide bonds. The number of benzene rings is 2. The van der Waals surface area contributed by atoms with Crippen molar-refractivity contribution in [2.75, 3.05) is 12.9 Å². The van der Waals surface area contributed by atoms with Gasteiger partial charge in [0.05, 0.1) is 27.3 Å². The minimum atomic E-state index is -1.31. The molecule has 0 saturated carbocycles. The molecule has 26 heavy (non-hydrogen) atoms. The normalized spacial score (nSPS) is 12.9. The minimum Gasteiger partial charge on any atom is -0.452 e. The molecule has 0 aliphatic heterocycles. The van der Waals surface area contributed by atoms with Crippen LogP contribution in [0.15, 0.2) is 53.4 Å². The van der Waals surface area contributed by atoms with Crippen LogP contribution in [0, 0.1) is 6.92 Å². The maximum absolute atomic E-state index is 12.2. The number of nitrogens with one attached hydrogen (secondary N) is 1. The number of rotatable bonds is 7. The van der Waals surface area contributed by atoms with Crippen LogP contribution in [0.4, 0.5) is 0 Å². The van der Waals surface area contributed by atoms with Gasteiger partial charge in [-0.15, -0.1) is 0 Å². The highest BCUT2D eigenvalue weighted by molar-refractivity contribution is 7.84. The third-order valence-electron chi connectivity index (χ3n) is 3.97. The highest BCUT2D eigenvalue weighted by Gasteiger charge is 2.18. The molecule has 6 heteroatoms. The van der Waals surface area contributed by atoms with Crippen molar-refractivity contribution in [1.29, 1.82) is 0 Å². The molecular formula is C20H23NO4S. The molecule has 0 radical (unpaired) electrons. The van der Waals surface area contributed by atoms with Gasteiger partial charge in [-0.2, -0.15) is 0 Å². The first-order valence-electron chi connectivity index (χ1n) is 8.38. The van der Waals surface area contributed by atoms with Crippen LogP contribution in [0.2, 0.25) is 0 Å². The fourth-order valence-corrected chi connectivity index (χ4v) is 3.28. The molecule has 0 spiro atoms. The Morgan fingerprint density at radius 2 is 1.77 bits per heavy atom. The van der Waals surface area contributed by atoms with E-state index in [2.05, 4.69) is 5.32 Å². The average molecular weight is 373 g/mol. The SMILES string of the molecule is CC[C@@H](NC(=O)COC(=O)c1ccccc1[S@](C)=O)c1ccc(C)cc1. The highest BCUT2D eigenvalue weighted by atomic mass is 32.2. The van der Waals surface area contributed by atoms with E-state index in [1.165, 1.54) is 12.3 Å². The maximum Gasteiger partial charge on any atom is 0.339 e. The lowest BCUT2D eigenvalue weighted by atomic mass is 10.0. The van der Waals surface area contributed by atoms with Gasteiger partial charge in [0.15, 0.2) is 6.61 Å². The Balaban J connectivity index is 1.96. The van der Waals surface area contributed by atoms with Gasteiger partial charge in [-0.3, -0.25) is 9.00 Å². The third-order valence-corrected chi connectivity index (χ3v) is 4.95. The van der Waals surface area contributed by atoms with Crippen LogP contribution in [0.25, 0.3) is 0 Å². The Morgan fingerprint density at radius 1 is 1.12 bits per heavy atom. The van der Waals surface area contributed by atoms with Crippen LogP contribution in [-0.4, -0.2) is 28.9 Å². The van der Waals surface area contributed by atoms with Crippen LogP contribution >= 0.6 is 0 Å². The Kier molecular flexibility index (Phi) is 7.09. The lowest BCUT2D eigenvalue weighted by Crippen LogP contribution is -2.32. The molecule has 0 saturated heterocycles. The number of hydrogen-bond acceptors (Lipinski definition) is 4. The average Bonchev–Trinajstić information content (AvgIpc) is 2.65. The molecule has 0 aliphatic rings. The summed E-state index contributed by atoms with van der Waals surface area (Å²) in [6.45, 7) is 3.60. The Labute approximate surface area is 156 Å². The molecule has 0 heterocycles. The summed E-state index contributed by atoms with van der Waals surface area (Å²) in [5, 5.41) is 2.87. The van der Waals surface area contributed by atoms with Crippen LogP contribution < -0.4 is 5.32 Å². The fourth-order valence-electron chi connectivity index (χ4n) is 2.55. The molecule has 0 aliphatic carbocycles. The summed E-state index contributed by atoms with van der Waals surface area (Å²) in [6, 6.07) is 14.3. The molecule has 1 N–H and O–H groups in total. The molecular weight excluding hydrogens is 350 g/mol. The number of ether oxygens (including phenoxy) is 1. The number of hydrogen-bond donors (Lipinski definition) is 1. The van der Waals surface area contributed by atoms with Gasteiger partial charge < -0.3 is 10.1 Å². The molecule has 5 nitrogen and oxygen atoms in total. The quantitative estimate of drug-likeness (QED) is 0.757. The standard InChI is InChI=1S/C20H23NO4S/c1-4-17(15-11-9-14(2)10-12-15)21-19(22)13-25-20(23)16-7-5-6-8-18(16)26(3)24/h5-12,17H,4,13H2,1-3H3,(H,21,22)/t17-,26+/m1/s1. The molecule has 0 aromatic heterocycles. The fraction of sp³-hybridized carbons (Fsp3) is 0.300. The van der Waals surface area contributed by atoms with Crippen molar-refractivity contribution in [3.05, 3.63) is 65.2 Å². The summed E-state index contributed by atoms with van der Waals surface area (Å²) in [5.41, 5.74) is 2.37. The zero-order valence-electron chi connectivity index (χ0n) is 15.2. The van der Waals surface area contributed by atoms with Crippen molar-refractivity contribution < 1.29 is 18.5 Å². The lowest BCUT2D eigenvalue weighted by molar-refractivity contribution is -0.125. The maximum atomic E-state index is 12.2. The molecule has 2 atom stereocenters. The van der Waals surface area contributed by atoms with Crippen molar-refractivity contribution in [1.82, 2.24) is 5.32 Å². The third kappa shape index (κ3) is 5.26. The van der Waals surface area contributed by atoms with E-state index in [4.69, 9.17) is 4.74 Å². The number of esters is 1. The first-order chi connectivity index (χ1) is 12.4. The van der Waals surface area contributed by atoms with Crippen LogP contribution in [0.5, 0.6) is 0 Å². The predicted octanol–water partition coefficient (Wildman–Crippen LogP) is 3.16. The second kappa shape index (κ2) is 9.29. The summed E-state index contributed by atoms with van der Waals surface area (Å²) in [7, 11) is -1.31. The minimum absolute atomic E-state index is 0.141. The number of aryl methyl sites for hydroxylation is 1. The Morgan fingerprint density at radius 3 is 2.38 bits per heavy atom. The topological polar surface area (TPSA) is 72.5 Å². The summed E-state index contributed by atoms with van der Waals surface area (Å²) < 4.78 is 16.8. The van der Waals surface area contributed by atoms with E-state index in [0.29, 0.717) is 4.90 Å². The number of amides is 1. The molecule has 2 aromatic rings. The molecule has 0 bridgehead atoms. The molecule has 2 aromatic carbocycles. The van der Waals surface area contributed by atoms with Gasteiger partial charge in [0.2, 0.25) is 0 Å². The highest BCUT2D eigenvalue weighted by Crippen LogP contribution is 2.17. The van der Waals surface area contributed by atoms with Gasteiger partial charge in [-0.05, 0) is 31.0 Å². The second-order valence-electron chi connectivity index (χ2n) is 5.97. The summed E-state index contributed by atoms with van der Waals surface area (Å²) in [5.74, 6) is -1.03. The first-order valence-corrected chi connectivity index (χ1v) is 9.93. The van der Waals surface area contributed by atoms with Gasteiger partial charge in [0, 0.05) is 6.26 Å². The monoisotopic (exact) mass is 373 g/mol. The van der Waals surface area contributed by atoms with Crippen molar-refractivity contribution in [3.63, 3.8) is 0 Å². The van der Waals surface area contributed by atoms with Crippen LogP contribution in [0.3, 0.4) is 0 Å². The van der Waals surface area contributed by atoms with Gasteiger partial charge in [0.1, 0.15) is 0 Å². The van der Waals surface area contributed by atoms with E-state index in [9.17, 15) is 13.8 Å². The zero-order valence-corrected chi connectivity index (χ0v) is 16.0. The van der Waals surface area contributed by atoms with Crippen molar-refractivity contribution in [2.45, 2.75) is 31.2 Å². The molecule has 138 valence electrons. The van der Waals surface area contributed by atoms with Crippen LogP contribution in [0.1, 0.15) is 40.9 Å². The van der Waals surface area contributed by atoms with Gasteiger partial charge >= 0.3 is 5.97 Å². The largest absolute Gasteiger partial charge is 0.452 e. The van der Waals surface area contributed by atoms with Gasteiger partial charge in [-0.1, -0.05) is 48.9 Å². The van der Waals surface area contributed by atoms with Gasteiger partial charge in [-0.25, -0.2) is 4.79 Å². The van der Waals surface area contributed by atoms with E-state index in [-0.39, 0.29) is 24.1 Å². The van der Waals surface area contributed by atoms with Crippen molar-refractivity contribution >= 4 is 22.7 Å². The second-order valence-corrected chi connectivity index (χ2v) is 7.31. The van der Waals surface area contributed by atoms with Crippen molar-refractivity contribution in [2.24, 2.45) is 0 Å². The summed E-state index contributed by atoms with van der Waals surface area (Å²) in [6.07, 6.45) is 2.21. The molecule has 0 fully saturated rings. The smallest absolute Gasteiger partial charge is 0.339 e. The first kappa shape index (κ1) is 19.8. The Hall–Kier alpha value is -2.47. The number of carbonyl (C=O) groups is 2. The van der Waals surface area contributed by atoms with E-state index in [0.717, 1.165) is 17.5 Å². The van der Waals surface area contributed by atoms with Crippen molar-refractivity contribution in [3.8, 4) is 0 Å². The lowest BCUT2D eigenvalue weighted by Gasteiger charge is -2.18. The number of carbonyl (C=O) groups excluding carboxylic acids is 2. The summed E-state index contributed by atoms with van der Waals surface area (Å²) >= 11 is 0. The van der Waals surface area contributed by atoms with E-state index in [1.807, 2.05) is 38.1 Å². The molecule has 0 unspecified atom stereocenters. The van der Waals surface area contributed by atoms with E-state index >= 15 is 0 Å². The Bertz CT molecular complexity index is 802. The van der Waals surface area contributed by atoms with Crippen LogP contribution in [-0.2, 0) is 20.3 Å². The van der Waals surface area contributed by atoms with E-state index < -0.39 is 16.8 Å². The van der Waals surface area contributed by atoms with Gasteiger partial charge in [0.25, 0.3) is 5.91 Å².